The minimum absolute atomic E-state index is 0.113. The molecular weight excluding hydrogens is 206 g/mol. The van der Waals surface area contributed by atoms with E-state index in [2.05, 4.69) is 24.1 Å². The van der Waals surface area contributed by atoms with Crippen molar-refractivity contribution in [1.29, 1.82) is 0 Å². The van der Waals surface area contributed by atoms with Gasteiger partial charge in [0.15, 0.2) is 0 Å². The molecule has 0 spiro atoms. The fourth-order valence-electron chi connectivity index (χ4n) is 1.69. The summed E-state index contributed by atoms with van der Waals surface area (Å²) in [5, 5.41) is 13.8. The van der Waals surface area contributed by atoms with Crippen LogP contribution in [0.2, 0.25) is 0 Å². The van der Waals surface area contributed by atoms with Gasteiger partial charge in [-0.05, 0) is 41.3 Å². The molecule has 88 valence electrons. The van der Waals surface area contributed by atoms with Crippen LogP contribution in [0.3, 0.4) is 0 Å². The number of nitro groups is 1. The quantitative estimate of drug-likeness (QED) is 0.615. The Bertz CT molecular complexity index is 366. The summed E-state index contributed by atoms with van der Waals surface area (Å²) in [6.45, 7) is 6.25. The fourth-order valence-corrected chi connectivity index (χ4v) is 1.69. The molecule has 0 aliphatic heterocycles. The van der Waals surface area contributed by atoms with E-state index >= 15 is 0 Å². The Kier molecular flexibility index (Phi) is 4.22. The maximum Gasteiger partial charge on any atom is 0.386 e. The highest BCUT2D eigenvalue weighted by molar-refractivity contribution is 5.56. The first-order valence-corrected chi connectivity index (χ1v) is 5.36. The molecule has 0 aliphatic carbocycles. The van der Waals surface area contributed by atoms with E-state index in [1.807, 2.05) is 6.92 Å². The molecule has 1 unspecified atom stereocenters. The van der Waals surface area contributed by atoms with Crippen molar-refractivity contribution in [3.05, 3.63) is 28.4 Å². The van der Waals surface area contributed by atoms with E-state index in [0.717, 1.165) is 6.42 Å². The van der Waals surface area contributed by atoms with E-state index in [1.165, 1.54) is 6.20 Å². The van der Waals surface area contributed by atoms with Gasteiger partial charge in [-0.15, -0.1) is 0 Å². The van der Waals surface area contributed by atoms with Gasteiger partial charge in [0, 0.05) is 6.04 Å². The largest absolute Gasteiger partial charge is 0.386 e. The van der Waals surface area contributed by atoms with E-state index < -0.39 is 4.92 Å². The lowest BCUT2D eigenvalue weighted by Gasteiger charge is -2.16. The second-order valence-electron chi connectivity index (χ2n) is 4.31. The van der Waals surface area contributed by atoms with E-state index in [0.29, 0.717) is 11.6 Å². The summed E-state index contributed by atoms with van der Waals surface area (Å²) in [7, 11) is 0. The zero-order chi connectivity index (χ0) is 12.1. The van der Waals surface area contributed by atoms with Crippen LogP contribution in [-0.4, -0.2) is 15.9 Å². The Morgan fingerprint density at radius 3 is 2.75 bits per heavy atom. The smallest absolute Gasteiger partial charge is 0.376 e. The monoisotopic (exact) mass is 223 g/mol. The molecule has 5 nitrogen and oxygen atoms in total. The number of aromatic nitrogens is 1. The predicted molar refractivity (Wildman–Crippen MR) is 63.4 cm³/mol. The van der Waals surface area contributed by atoms with Gasteiger partial charge in [0.1, 0.15) is 11.9 Å². The molecule has 1 aromatic rings. The number of hydrogen-bond acceptors (Lipinski definition) is 4. The van der Waals surface area contributed by atoms with Crippen LogP contribution in [-0.2, 0) is 0 Å². The van der Waals surface area contributed by atoms with E-state index in [-0.39, 0.29) is 11.9 Å². The fraction of sp³-hybridized carbons (Fsp3) is 0.545. The number of pyridine rings is 1. The van der Waals surface area contributed by atoms with Crippen molar-refractivity contribution in [2.45, 2.75) is 33.2 Å². The lowest BCUT2D eigenvalue weighted by Crippen LogP contribution is -2.18. The van der Waals surface area contributed by atoms with Gasteiger partial charge in [-0.2, -0.15) is 0 Å². The molecular formula is C11H17N3O2. The zero-order valence-electron chi connectivity index (χ0n) is 9.80. The number of hydrogen-bond donors (Lipinski definition) is 1. The summed E-state index contributed by atoms with van der Waals surface area (Å²) in [6.07, 6.45) is 2.39. The van der Waals surface area contributed by atoms with Crippen LogP contribution in [0.15, 0.2) is 18.3 Å². The molecule has 0 saturated carbocycles. The van der Waals surface area contributed by atoms with Crippen LogP contribution in [0, 0.1) is 16.0 Å². The molecule has 16 heavy (non-hydrogen) atoms. The van der Waals surface area contributed by atoms with Crippen molar-refractivity contribution < 1.29 is 4.92 Å². The molecule has 1 heterocycles. The first-order valence-electron chi connectivity index (χ1n) is 5.36. The van der Waals surface area contributed by atoms with Crippen molar-refractivity contribution in [3.63, 3.8) is 0 Å². The van der Waals surface area contributed by atoms with Crippen LogP contribution < -0.4 is 5.32 Å². The average molecular weight is 223 g/mol. The van der Waals surface area contributed by atoms with Gasteiger partial charge in [-0.3, -0.25) is 0 Å². The second-order valence-corrected chi connectivity index (χ2v) is 4.31. The highest BCUT2D eigenvalue weighted by Crippen LogP contribution is 2.22. The molecule has 1 rings (SSSR count). The normalized spacial score (nSPS) is 12.5. The molecule has 1 atom stereocenters. The summed E-state index contributed by atoms with van der Waals surface area (Å²) < 4.78 is 0. The van der Waals surface area contributed by atoms with Gasteiger partial charge in [0.25, 0.3) is 0 Å². The molecule has 1 aromatic heterocycles. The number of nitrogens with one attached hydrogen (secondary N) is 1. The van der Waals surface area contributed by atoms with Crippen LogP contribution in [0.4, 0.5) is 11.5 Å². The first kappa shape index (κ1) is 12.4. The Labute approximate surface area is 95.0 Å². The topological polar surface area (TPSA) is 68.1 Å². The van der Waals surface area contributed by atoms with Crippen molar-refractivity contribution in [2.24, 2.45) is 5.92 Å². The SMILES string of the molecule is CC(C)CC(C)Nc1cccnc1[N+](=O)[O-]. The third-order valence-corrected chi connectivity index (χ3v) is 2.19. The van der Waals surface area contributed by atoms with Gasteiger partial charge < -0.3 is 15.4 Å². The lowest BCUT2D eigenvalue weighted by molar-refractivity contribution is -0.388. The maximum absolute atomic E-state index is 10.7. The van der Waals surface area contributed by atoms with Gasteiger partial charge in [0.05, 0.1) is 0 Å². The maximum atomic E-state index is 10.7. The standard InChI is InChI=1S/C11H17N3O2/c1-8(2)7-9(3)13-10-5-4-6-12-11(10)14(15)16/h4-6,8-9,13H,7H2,1-3H3. The van der Waals surface area contributed by atoms with Crippen LogP contribution in [0.25, 0.3) is 0 Å². The Balaban J connectivity index is 2.76. The van der Waals surface area contributed by atoms with Crippen LogP contribution >= 0.6 is 0 Å². The van der Waals surface area contributed by atoms with Gasteiger partial charge in [0.2, 0.25) is 0 Å². The van der Waals surface area contributed by atoms with E-state index in [4.69, 9.17) is 0 Å². The highest BCUT2D eigenvalue weighted by Gasteiger charge is 2.15. The molecule has 0 aliphatic rings. The third-order valence-electron chi connectivity index (χ3n) is 2.19. The molecule has 0 radical (unpaired) electrons. The zero-order valence-corrected chi connectivity index (χ0v) is 9.80. The second kappa shape index (κ2) is 5.44. The van der Waals surface area contributed by atoms with Crippen molar-refractivity contribution in [3.8, 4) is 0 Å². The lowest BCUT2D eigenvalue weighted by atomic mass is 10.1. The Morgan fingerprint density at radius 2 is 2.19 bits per heavy atom. The number of rotatable bonds is 5. The van der Waals surface area contributed by atoms with E-state index in [9.17, 15) is 10.1 Å². The van der Waals surface area contributed by atoms with Gasteiger partial charge in [-0.1, -0.05) is 13.8 Å². The molecule has 0 amide bonds. The predicted octanol–water partition coefficient (Wildman–Crippen LogP) is 2.84. The van der Waals surface area contributed by atoms with E-state index in [1.54, 1.807) is 12.1 Å². The molecule has 0 aromatic carbocycles. The van der Waals surface area contributed by atoms with Crippen molar-refractivity contribution in [1.82, 2.24) is 4.98 Å². The molecule has 0 bridgehead atoms. The molecule has 0 fully saturated rings. The Morgan fingerprint density at radius 1 is 1.50 bits per heavy atom. The summed E-state index contributed by atoms with van der Waals surface area (Å²) in [4.78, 5) is 14.0. The summed E-state index contributed by atoms with van der Waals surface area (Å²) in [5.74, 6) is 0.441. The first-order chi connectivity index (χ1) is 7.50. The van der Waals surface area contributed by atoms with Crippen molar-refractivity contribution in [2.75, 3.05) is 5.32 Å². The molecule has 5 heteroatoms. The van der Waals surface area contributed by atoms with Gasteiger partial charge >= 0.3 is 5.82 Å². The molecule has 0 saturated heterocycles. The summed E-state index contributed by atoms with van der Waals surface area (Å²) >= 11 is 0. The number of nitrogens with zero attached hydrogens (tertiary/aromatic N) is 2. The third kappa shape index (κ3) is 3.49. The Hall–Kier alpha value is -1.65. The number of anilines is 1. The van der Waals surface area contributed by atoms with Crippen LogP contribution in [0.5, 0.6) is 0 Å². The minimum Gasteiger partial charge on any atom is -0.376 e. The minimum atomic E-state index is -0.468. The molecule has 1 N–H and O–H groups in total. The average Bonchev–Trinajstić information content (AvgIpc) is 2.16. The summed E-state index contributed by atoms with van der Waals surface area (Å²) in [6, 6.07) is 3.57. The van der Waals surface area contributed by atoms with Crippen LogP contribution in [0.1, 0.15) is 27.2 Å². The van der Waals surface area contributed by atoms with Gasteiger partial charge in [-0.25, -0.2) is 0 Å². The van der Waals surface area contributed by atoms with Crippen molar-refractivity contribution >= 4 is 11.5 Å². The summed E-state index contributed by atoms with van der Waals surface area (Å²) in [5.41, 5.74) is 0.487. The highest BCUT2D eigenvalue weighted by atomic mass is 16.6.